The number of methoxy groups -OCH3 is 1. The first kappa shape index (κ1) is 20.3. The Kier molecular flexibility index (Phi) is 5.94. The van der Waals surface area contributed by atoms with Gasteiger partial charge >= 0.3 is 0 Å². The minimum atomic E-state index is -0.175. The second-order valence-corrected chi connectivity index (χ2v) is 7.85. The summed E-state index contributed by atoms with van der Waals surface area (Å²) in [5.41, 5.74) is 1.73. The first-order chi connectivity index (χ1) is 14.6. The molecule has 1 aromatic heterocycles. The highest BCUT2D eigenvalue weighted by Crippen LogP contribution is 2.28. The number of nitrogens with zero attached hydrogens (tertiary/aromatic N) is 5. The summed E-state index contributed by atoms with van der Waals surface area (Å²) in [5.74, 6) is 1.47. The molecular weight excluding hydrogens is 383 g/mol. The largest absolute Gasteiger partial charge is 0.496 e. The van der Waals surface area contributed by atoms with Gasteiger partial charge in [0.1, 0.15) is 11.6 Å². The van der Waals surface area contributed by atoms with E-state index in [0.29, 0.717) is 5.69 Å². The van der Waals surface area contributed by atoms with Crippen LogP contribution in [0.5, 0.6) is 5.75 Å². The van der Waals surface area contributed by atoms with Gasteiger partial charge in [-0.1, -0.05) is 24.3 Å². The van der Waals surface area contributed by atoms with E-state index in [1.54, 1.807) is 13.2 Å². The molecule has 0 unspecified atom stereocenters. The second-order valence-electron chi connectivity index (χ2n) is 7.85. The van der Waals surface area contributed by atoms with Gasteiger partial charge in [0.05, 0.1) is 50.6 Å². The summed E-state index contributed by atoms with van der Waals surface area (Å²) < 4.78 is 21.8. The van der Waals surface area contributed by atoms with Crippen LogP contribution >= 0.6 is 0 Å². The molecule has 1 atom stereocenters. The number of anilines is 1. The van der Waals surface area contributed by atoms with Gasteiger partial charge in [-0.05, 0) is 48.5 Å². The van der Waals surface area contributed by atoms with Crippen LogP contribution in [-0.4, -0.2) is 53.5 Å². The number of hydrogen-bond donors (Lipinski definition) is 1. The molecule has 1 saturated heterocycles. The zero-order valence-electron chi connectivity index (χ0n) is 17.6. The molecule has 1 aliphatic heterocycles. The van der Waals surface area contributed by atoms with Gasteiger partial charge in [0.25, 0.3) is 0 Å². The van der Waals surface area contributed by atoms with Crippen molar-refractivity contribution in [2.75, 3.05) is 38.2 Å². The van der Waals surface area contributed by atoms with Crippen LogP contribution in [0.4, 0.5) is 10.1 Å². The van der Waals surface area contributed by atoms with E-state index in [1.807, 2.05) is 35.0 Å². The van der Waals surface area contributed by atoms with Gasteiger partial charge in [0.15, 0.2) is 6.04 Å². The van der Waals surface area contributed by atoms with Gasteiger partial charge in [-0.25, -0.2) is 9.07 Å². The third kappa shape index (κ3) is 3.87. The highest BCUT2D eigenvalue weighted by molar-refractivity contribution is 5.47. The van der Waals surface area contributed by atoms with Gasteiger partial charge in [-0.15, -0.1) is 5.10 Å². The van der Waals surface area contributed by atoms with Crippen molar-refractivity contribution >= 4 is 5.69 Å². The molecule has 1 fully saturated rings. The lowest BCUT2D eigenvalue weighted by atomic mass is 10.0. The van der Waals surface area contributed by atoms with E-state index in [-0.39, 0.29) is 17.9 Å². The first-order valence-electron chi connectivity index (χ1n) is 10.3. The maximum Gasteiger partial charge on any atom is 0.214 e. The fourth-order valence-electron chi connectivity index (χ4n) is 4.24. The van der Waals surface area contributed by atoms with Crippen LogP contribution in [-0.2, 0) is 0 Å². The van der Waals surface area contributed by atoms with E-state index in [0.717, 1.165) is 43.3 Å². The summed E-state index contributed by atoms with van der Waals surface area (Å²) in [6.07, 6.45) is 0. The van der Waals surface area contributed by atoms with Gasteiger partial charge < -0.3 is 14.5 Å². The second kappa shape index (κ2) is 8.79. The monoisotopic (exact) mass is 411 g/mol. The number of quaternary nitrogens is 1. The minimum Gasteiger partial charge on any atom is -0.496 e. The average Bonchev–Trinajstić information content (AvgIpc) is 3.25. The molecule has 30 heavy (non-hydrogen) atoms. The SMILES string of the molecule is COc1ccccc1[C@H](c1nnnn1C(C)C)[NH+]1CCN(c2ccccc2F)CC1. The maximum atomic E-state index is 14.3. The molecule has 8 heteroatoms. The predicted molar refractivity (Wildman–Crippen MR) is 112 cm³/mol. The third-order valence-electron chi connectivity index (χ3n) is 5.72. The molecule has 0 aliphatic carbocycles. The normalized spacial score (nSPS) is 16.1. The standard InChI is InChI=1S/C22H27FN6O/c1-16(2)29-22(24-25-26-29)21(17-8-4-7-11-20(17)30-3)28-14-12-27(13-15-28)19-10-6-5-9-18(19)23/h4-11,16,21H,12-15H2,1-3H3/p+1/t21-/m1/s1. The number of rotatable bonds is 6. The Bertz CT molecular complexity index is 983. The minimum absolute atomic E-state index is 0.0682. The molecule has 2 aromatic carbocycles. The van der Waals surface area contributed by atoms with Crippen molar-refractivity contribution in [3.63, 3.8) is 0 Å². The molecule has 3 aromatic rings. The van der Waals surface area contributed by atoms with Gasteiger partial charge in [-0.2, -0.15) is 0 Å². The molecule has 1 N–H and O–H groups in total. The number of tetrazole rings is 1. The summed E-state index contributed by atoms with van der Waals surface area (Å²) in [5, 5.41) is 12.6. The number of para-hydroxylation sites is 2. The van der Waals surface area contributed by atoms with Crippen LogP contribution < -0.4 is 14.5 Å². The Balaban J connectivity index is 1.66. The molecule has 0 bridgehead atoms. The topological polar surface area (TPSA) is 60.5 Å². The summed E-state index contributed by atoms with van der Waals surface area (Å²) >= 11 is 0. The van der Waals surface area contributed by atoms with Gasteiger partial charge in [0.2, 0.25) is 5.82 Å². The van der Waals surface area contributed by atoms with Crippen LogP contribution in [0.3, 0.4) is 0 Å². The molecule has 1 aliphatic rings. The Morgan fingerprint density at radius 3 is 2.43 bits per heavy atom. The third-order valence-corrected chi connectivity index (χ3v) is 5.72. The lowest BCUT2D eigenvalue weighted by Gasteiger charge is -2.37. The van der Waals surface area contributed by atoms with E-state index < -0.39 is 0 Å². The predicted octanol–water partition coefficient (Wildman–Crippen LogP) is 1.90. The summed E-state index contributed by atoms with van der Waals surface area (Å²) in [6.45, 7) is 7.33. The maximum absolute atomic E-state index is 14.3. The molecule has 4 rings (SSSR count). The molecule has 0 amide bonds. The molecule has 0 spiro atoms. The summed E-state index contributed by atoms with van der Waals surface area (Å²) in [7, 11) is 1.69. The van der Waals surface area contributed by atoms with Crippen molar-refractivity contribution in [2.24, 2.45) is 0 Å². The van der Waals surface area contributed by atoms with Gasteiger partial charge in [0, 0.05) is 0 Å². The smallest absolute Gasteiger partial charge is 0.214 e. The number of piperazine rings is 1. The molecule has 2 heterocycles. The number of benzene rings is 2. The average molecular weight is 412 g/mol. The highest BCUT2D eigenvalue weighted by Gasteiger charge is 2.36. The van der Waals surface area contributed by atoms with Crippen molar-refractivity contribution in [1.82, 2.24) is 20.2 Å². The van der Waals surface area contributed by atoms with E-state index in [1.165, 1.54) is 11.0 Å². The van der Waals surface area contributed by atoms with Crippen molar-refractivity contribution in [1.29, 1.82) is 0 Å². The van der Waals surface area contributed by atoms with E-state index in [4.69, 9.17) is 4.74 Å². The van der Waals surface area contributed by atoms with Crippen LogP contribution in [0.1, 0.15) is 37.3 Å². The molecule has 0 saturated carbocycles. The number of hydrogen-bond acceptors (Lipinski definition) is 5. The van der Waals surface area contributed by atoms with Crippen molar-refractivity contribution in [3.05, 3.63) is 65.7 Å². The van der Waals surface area contributed by atoms with E-state index in [9.17, 15) is 4.39 Å². The zero-order chi connectivity index (χ0) is 21.1. The Labute approximate surface area is 176 Å². The molecule has 0 radical (unpaired) electrons. The highest BCUT2D eigenvalue weighted by atomic mass is 19.1. The van der Waals surface area contributed by atoms with Crippen LogP contribution in [0.25, 0.3) is 0 Å². The Morgan fingerprint density at radius 1 is 1.03 bits per heavy atom. The number of aromatic nitrogens is 4. The van der Waals surface area contributed by atoms with Crippen LogP contribution in [0.2, 0.25) is 0 Å². The van der Waals surface area contributed by atoms with Crippen molar-refractivity contribution in [3.8, 4) is 5.75 Å². The number of ether oxygens (including phenoxy) is 1. The number of nitrogens with one attached hydrogen (secondary N) is 1. The van der Waals surface area contributed by atoms with Crippen LogP contribution in [0.15, 0.2) is 48.5 Å². The van der Waals surface area contributed by atoms with Gasteiger partial charge in [-0.3, -0.25) is 0 Å². The molecular formula is C22H28FN6O+. The van der Waals surface area contributed by atoms with Crippen LogP contribution in [0, 0.1) is 5.82 Å². The lowest BCUT2D eigenvalue weighted by Crippen LogP contribution is -3.15. The zero-order valence-corrected chi connectivity index (χ0v) is 17.6. The van der Waals surface area contributed by atoms with Crippen molar-refractivity contribution in [2.45, 2.75) is 25.9 Å². The summed E-state index contributed by atoms with van der Waals surface area (Å²) in [6, 6.07) is 15.1. The summed E-state index contributed by atoms with van der Waals surface area (Å²) in [4.78, 5) is 3.45. The number of halogens is 1. The van der Waals surface area contributed by atoms with E-state index >= 15 is 0 Å². The molecule has 158 valence electrons. The first-order valence-corrected chi connectivity index (χ1v) is 10.3. The fourth-order valence-corrected chi connectivity index (χ4v) is 4.24. The molecule has 7 nitrogen and oxygen atoms in total. The lowest BCUT2D eigenvalue weighted by molar-refractivity contribution is -0.927. The Morgan fingerprint density at radius 2 is 1.73 bits per heavy atom. The quantitative estimate of drug-likeness (QED) is 0.671. The van der Waals surface area contributed by atoms with E-state index in [2.05, 4.69) is 40.3 Å². The Hall–Kier alpha value is -3.00. The van der Waals surface area contributed by atoms with Crippen molar-refractivity contribution < 1.29 is 14.0 Å². The fraction of sp³-hybridized carbons (Fsp3) is 0.409.